The molecule has 1 aromatic heterocycles. The molecule has 0 aromatic carbocycles. The molecule has 0 radical (unpaired) electrons. The summed E-state index contributed by atoms with van der Waals surface area (Å²) >= 11 is 0. The van der Waals surface area contributed by atoms with E-state index in [4.69, 9.17) is 0 Å². The van der Waals surface area contributed by atoms with Crippen LogP contribution in [0, 0.1) is 6.92 Å². The van der Waals surface area contributed by atoms with Gasteiger partial charge in [-0.25, -0.2) is 0 Å². The summed E-state index contributed by atoms with van der Waals surface area (Å²) in [6, 6.07) is 3.77. The van der Waals surface area contributed by atoms with Gasteiger partial charge in [0.15, 0.2) is 5.82 Å². The number of piperidine rings is 1. The number of rotatable bonds is 1. The molecule has 1 saturated heterocycles. The Morgan fingerprint density at radius 1 is 1.44 bits per heavy atom. The van der Waals surface area contributed by atoms with Gasteiger partial charge in [-0.05, 0) is 32.4 Å². The third kappa shape index (κ3) is 2.15. The second kappa shape index (κ2) is 3.99. The van der Waals surface area contributed by atoms with Crippen molar-refractivity contribution in [1.29, 1.82) is 0 Å². The van der Waals surface area contributed by atoms with Crippen LogP contribution in [0.3, 0.4) is 0 Å². The highest BCUT2D eigenvalue weighted by Gasteiger charge is 2.36. The molecular weight excluding hydrogens is 206 g/mol. The van der Waals surface area contributed by atoms with Crippen LogP contribution in [0.4, 0.5) is 5.82 Å². The van der Waals surface area contributed by atoms with E-state index in [0.717, 1.165) is 11.5 Å². The molecule has 1 aliphatic heterocycles. The molecule has 5 nitrogen and oxygen atoms in total. The van der Waals surface area contributed by atoms with Crippen LogP contribution < -0.4 is 4.90 Å². The van der Waals surface area contributed by atoms with Gasteiger partial charge < -0.3 is 15.1 Å². The summed E-state index contributed by atoms with van der Waals surface area (Å²) in [5, 5.41) is 27.7. The van der Waals surface area contributed by atoms with Crippen molar-refractivity contribution < 1.29 is 10.2 Å². The van der Waals surface area contributed by atoms with Crippen molar-refractivity contribution in [3.05, 3.63) is 17.8 Å². The van der Waals surface area contributed by atoms with E-state index in [1.54, 1.807) is 6.92 Å². The van der Waals surface area contributed by atoms with Gasteiger partial charge in [-0.1, -0.05) is 0 Å². The van der Waals surface area contributed by atoms with Crippen LogP contribution in [-0.4, -0.2) is 45.2 Å². The van der Waals surface area contributed by atoms with Crippen LogP contribution in [-0.2, 0) is 0 Å². The van der Waals surface area contributed by atoms with Crippen LogP contribution in [0.2, 0.25) is 0 Å². The second-order valence-corrected chi connectivity index (χ2v) is 4.60. The minimum absolute atomic E-state index is 0.394. The summed E-state index contributed by atoms with van der Waals surface area (Å²) in [5.41, 5.74) is -0.123. The highest BCUT2D eigenvalue weighted by atomic mass is 16.3. The SMILES string of the molecule is Cc1ccc(N2CC[C@@](C)(O)[C@H](O)C2)nn1. The maximum absolute atomic E-state index is 9.84. The Kier molecular flexibility index (Phi) is 2.82. The summed E-state index contributed by atoms with van der Waals surface area (Å²) in [6.45, 7) is 4.62. The normalized spacial score (nSPS) is 30.5. The molecule has 0 spiro atoms. The van der Waals surface area contributed by atoms with Crippen molar-refractivity contribution in [2.75, 3.05) is 18.0 Å². The van der Waals surface area contributed by atoms with E-state index in [2.05, 4.69) is 10.2 Å². The van der Waals surface area contributed by atoms with E-state index >= 15 is 0 Å². The first kappa shape index (κ1) is 11.3. The van der Waals surface area contributed by atoms with Crippen LogP contribution in [0.5, 0.6) is 0 Å². The van der Waals surface area contributed by atoms with Gasteiger partial charge in [-0.2, -0.15) is 5.10 Å². The van der Waals surface area contributed by atoms with Crippen molar-refractivity contribution in [2.24, 2.45) is 0 Å². The maximum atomic E-state index is 9.84. The Bertz CT molecular complexity index is 364. The monoisotopic (exact) mass is 223 g/mol. The lowest BCUT2D eigenvalue weighted by atomic mass is 9.91. The number of nitrogens with zero attached hydrogens (tertiary/aromatic N) is 3. The number of aliphatic hydroxyl groups excluding tert-OH is 1. The molecule has 0 aliphatic carbocycles. The molecule has 88 valence electrons. The first-order valence-corrected chi connectivity index (χ1v) is 5.45. The lowest BCUT2D eigenvalue weighted by Crippen LogP contribution is -2.54. The van der Waals surface area contributed by atoms with Crippen LogP contribution in [0.25, 0.3) is 0 Å². The van der Waals surface area contributed by atoms with Gasteiger partial charge in [-0.15, -0.1) is 5.10 Å². The fourth-order valence-corrected chi connectivity index (χ4v) is 1.79. The predicted molar refractivity (Wildman–Crippen MR) is 60.2 cm³/mol. The fraction of sp³-hybridized carbons (Fsp3) is 0.636. The number of hydrogen-bond acceptors (Lipinski definition) is 5. The average Bonchev–Trinajstić information content (AvgIpc) is 2.24. The molecule has 16 heavy (non-hydrogen) atoms. The highest BCUT2D eigenvalue weighted by Crippen LogP contribution is 2.24. The molecule has 1 aromatic rings. The Labute approximate surface area is 94.7 Å². The third-order valence-corrected chi connectivity index (χ3v) is 3.11. The quantitative estimate of drug-likeness (QED) is 0.707. The van der Waals surface area contributed by atoms with Crippen molar-refractivity contribution in [3.63, 3.8) is 0 Å². The molecular formula is C11H17N3O2. The molecule has 2 N–H and O–H groups in total. The largest absolute Gasteiger partial charge is 0.388 e. The molecule has 0 amide bonds. The van der Waals surface area contributed by atoms with Crippen molar-refractivity contribution >= 4 is 5.82 Å². The summed E-state index contributed by atoms with van der Waals surface area (Å²) < 4.78 is 0. The Balaban J connectivity index is 2.10. The lowest BCUT2D eigenvalue weighted by Gasteiger charge is -2.40. The van der Waals surface area contributed by atoms with Gasteiger partial charge in [0.05, 0.1) is 17.4 Å². The zero-order chi connectivity index (χ0) is 11.8. The minimum Gasteiger partial charge on any atom is -0.388 e. The van der Waals surface area contributed by atoms with Gasteiger partial charge >= 0.3 is 0 Å². The van der Waals surface area contributed by atoms with Crippen LogP contribution in [0.15, 0.2) is 12.1 Å². The number of aryl methyl sites for hydroxylation is 1. The van der Waals surface area contributed by atoms with E-state index in [9.17, 15) is 10.2 Å². The topological polar surface area (TPSA) is 69.5 Å². The molecule has 1 aliphatic rings. The standard InChI is InChI=1S/C11H17N3O2/c1-8-3-4-10(13-12-8)14-6-5-11(2,16)9(15)7-14/h3-4,9,15-16H,5-7H2,1-2H3/t9-,11-/m1/s1. The zero-order valence-corrected chi connectivity index (χ0v) is 9.59. The fourth-order valence-electron chi connectivity index (χ4n) is 1.79. The van der Waals surface area contributed by atoms with Crippen molar-refractivity contribution in [3.8, 4) is 0 Å². The first-order valence-electron chi connectivity index (χ1n) is 5.45. The minimum atomic E-state index is -0.991. The van der Waals surface area contributed by atoms with E-state index < -0.39 is 11.7 Å². The number of hydrogen-bond donors (Lipinski definition) is 2. The van der Waals surface area contributed by atoms with Gasteiger partial charge in [0.25, 0.3) is 0 Å². The van der Waals surface area contributed by atoms with E-state index in [0.29, 0.717) is 19.5 Å². The second-order valence-electron chi connectivity index (χ2n) is 4.60. The van der Waals surface area contributed by atoms with Gasteiger partial charge in [0.2, 0.25) is 0 Å². The van der Waals surface area contributed by atoms with E-state index in [-0.39, 0.29) is 0 Å². The van der Waals surface area contributed by atoms with E-state index in [1.807, 2.05) is 24.0 Å². The number of β-amino-alcohol motifs (C(OH)–C–C–N with tert-alkyl or cyclic N) is 1. The van der Waals surface area contributed by atoms with Gasteiger partial charge in [0, 0.05) is 13.1 Å². The molecule has 2 atom stereocenters. The van der Waals surface area contributed by atoms with Gasteiger partial charge in [0.1, 0.15) is 0 Å². The smallest absolute Gasteiger partial charge is 0.151 e. The molecule has 0 saturated carbocycles. The van der Waals surface area contributed by atoms with Crippen molar-refractivity contribution in [1.82, 2.24) is 10.2 Å². The number of anilines is 1. The molecule has 5 heteroatoms. The summed E-state index contributed by atoms with van der Waals surface area (Å²) in [4.78, 5) is 1.94. The summed E-state index contributed by atoms with van der Waals surface area (Å²) in [6.07, 6.45) is -0.214. The van der Waals surface area contributed by atoms with E-state index in [1.165, 1.54) is 0 Å². The number of aliphatic hydroxyl groups is 2. The average molecular weight is 223 g/mol. The Morgan fingerprint density at radius 2 is 2.19 bits per heavy atom. The zero-order valence-electron chi connectivity index (χ0n) is 9.59. The molecule has 2 rings (SSSR count). The maximum Gasteiger partial charge on any atom is 0.151 e. The van der Waals surface area contributed by atoms with Crippen LogP contribution in [0.1, 0.15) is 19.0 Å². The third-order valence-electron chi connectivity index (χ3n) is 3.11. The Hall–Kier alpha value is -1.20. The predicted octanol–water partition coefficient (Wildman–Crippen LogP) is 0.107. The molecule has 0 unspecified atom stereocenters. The Morgan fingerprint density at radius 3 is 2.75 bits per heavy atom. The van der Waals surface area contributed by atoms with Crippen molar-refractivity contribution in [2.45, 2.75) is 32.0 Å². The number of aromatic nitrogens is 2. The summed E-state index contributed by atoms with van der Waals surface area (Å²) in [7, 11) is 0. The lowest BCUT2D eigenvalue weighted by molar-refractivity contribution is -0.0723. The van der Waals surface area contributed by atoms with Gasteiger partial charge in [-0.3, -0.25) is 0 Å². The molecule has 2 heterocycles. The highest BCUT2D eigenvalue weighted by molar-refractivity contribution is 5.38. The summed E-state index contributed by atoms with van der Waals surface area (Å²) in [5.74, 6) is 0.750. The molecule has 0 bridgehead atoms. The first-order chi connectivity index (χ1) is 7.49. The van der Waals surface area contributed by atoms with Crippen LogP contribution >= 0.6 is 0 Å². The molecule has 1 fully saturated rings.